The van der Waals surface area contributed by atoms with Gasteiger partial charge in [-0.3, -0.25) is 4.79 Å². The topological polar surface area (TPSA) is 50.4 Å². The number of hydrogen-bond donors (Lipinski definition) is 2. The van der Waals surface area contributed by atoms with E-state index in [4.69, 9.17) is 16.3 Å². The van der Waals surface area contributed by atoms with Crippen LogP contribution in [0.5, 0.6) is 5.75 Å². The van der Waals surface area contributed by atoms with E-state index in [2.05, 4.69) is 17.6 Å². The molecule has 0 heterocycles. The number of unbranched alkanes of at least 4 members (excludes halogenated alkanes) is 2. The van der Waals surface area contributed by atoms with Gasteiger partial charge in [-0.1, -0.05) is 31.4 Å². The number of hydrogen-bond acceptors (Lipinski definition) is 3. The molecule has 0 bridgehead atoms. The zero-order valence-corrected chi connectivity index (χ0v) is 13.8. The molecule has 0 fully saturated rings. The third-order valence-corrected chi connectivity index (χ3v) is 3.66. The number of anilines is 1. The molecule has 0 radical (unpaired) electrons. The summed E-state index contributed by atoms with van der Waals surface area (Å²) in [4.78, 5) is 11.7. The standard InChI is InChI=1S/C16H25ClN2O2/c1-4-5-6-8-19-16(20)7-9-18-14-10-12(2)13(17)11-15(14)21-3/h10-11,18H,4-9H2,1-3H3,(H,19,20). The quantitative estimate of drug-likeness (QED) is 0.683. The summed E-state index contributed by atoms with van der Waals surface area (Å²) in [6, 6.07) is 3.71. The molecule has 2 N–H and O–H groups in total. The van der Waals surface area contributed by atoms with Crippen LogP contribution in [0.4, 0.5) is 5.69 Å². The summed E-state index contributed by atoms with van der Waals surface area (Å²) in [5.74, 6) is 0.761. The van der Waals surface area contributed by atoms with E-state index < -0.39 is 0 Å². The van der Waals surface area contributed by atoms with Crippen LogP contribution in [0.15, 0.2) is 12.1 Å². The molecule has 0 aliphatic rings. The van der Waals surface area contributed by atoms with Gasteiger partial charge in [-0.15, -0.1) is 0 Å². The highest BCUT2D eigenvalue weighted by Gasteiger charge is 2.07. The SMILES string of the molecule is CCCCCNC(=O)CCNc1cc(C)c(Cl)cc1OC. The fraction of sp³-hybridized carbons (Fsp3) is 0.562. The van der Waals surface area contributed by atoms with Crippen molar-refractivity contribution in [1.82, 2.24) is 5.32 Å². The smallest absolute Gasteiger partial charge is 0.221 e. The number of halogens is 1. The van der Waals surface area contributed by atoms with E-state index in [-0.39, 0.29) is 5.91 Å². The number of carbonyl (C=O) groups excluding carboxylic acids is 1. The van der Waals surface area contributed by atoms with Gasteiger partial charge < -0.3 is 15.4 Å². The van der Waals surface area contributed by atoms with Gasteiger partial charge in [0.2, 0.25) is 5.91 Å². The van der Waals surface area contributed by atoms with Gasteiger partial charge in [0.15, 0.2) is 0 Å². The summed E-state index contributed by atoms with van der Waals surface area (Å²) < 4.78 is 5.28. The molecular weight excluding hydrogens is 288 g/mol. The van der Waals surface area contributed by atoms with Crippen LogP contribution < -0.4 is 15.4 Å². The van der Waals surface area contributed by atoms with Crippen molar-refractivity contribution in [2.75, 3.05) is 25.5 Å². The second-order valence-electron chi connectivity index (χ2n) is 5.04. The number of carbonyl (C=O) groups is 1. The summed E-state index contributed by atoms with van der Waals surface area (Å²) in [6.07, 6.45) is 3.80. The summed E-state index contributed by atoms with van der Waals surface area (Å²) >= 11 is 6.06. The molecule has 1 rings (SSSR count). The minimum absolute atomic E-state index is 0.0725. The van der Waals surface area contributed by atoms with Gasteiger partial charge in [0.25, 0.3) is 0 Å². The lowest BCUT2D eigenvalue weighted by Gasteiger charge is -2.13. The summed E-state index contributed by atoms with van der Waals surface area (Å²) in [5, 5.41) is 6.81. The Morgan fingerprint density at radius 3 is 2.71 bits per heavy atom. The highest BCUT2D eigenvalue weighted by molar-refractivity contribution is 6.31. The lowest BCUT2D eigenvalue weighted by Crippen LogP contribution is -2.26. The van der Waals surface area contributed by atoms with E-state index in [0.717, 1.165) is 37.1 Å². The number of amides is 1. The van der Waals surface area contributed by atoms with Crippen molar-refractivity contribution in [3.63, 3.8) is 0 Å². The number of rotatable bonds is 9. The van der Waals surface area contributed by atoms with Gasteiger partial charge in [-0.25, -0.2) is 0 Å². The Bertz CT molecular complexity index is 464. The van der Waals surface area contributed by atoms with Crippen molar-refractivity contribution in [3.8, 4) is 5.75 Å². The Morgan fingerprint density at radius 2 is 2.05 bits per heavy atom. The second kappa shape index (κ2) is 9.50. The van der Waals surface area contributed by atoms with E-state index in [1.807, 2.05) is 13.0 Å². The minimum Gasteiger partial charge on any atom is -0.495 e. The van der Waals surface area contributed by atoms with Gasteiger partial charge in [0, 0.05) is 30.6 Å². The van der Waals surface area contributed by atoms with E-state index in [1.54, 1.807) is 13.2 Å². The van der Waals surface area contributed by atoms with Crippen molar-refractivity contribution in [2.45, 2.75) is 39.5 Å². The number of nitrogens with one attached hydrogen (secondary N) is 2. The molecule has 0 atom stereocenters. The number of methoxy groups -OCH3 is 1. The molecule has 0 saturated heterocycles. The molecule has 0 aliphatic heterocycles. The molecular formula is C16H25ClN2O2. The first kappa shape index (κ1) is 17.6. The average Bonchev–Trinajstić information content (AvgIpc) is 2.47. The maximum Gasteiger partial charge on any atom is 0.221 e. The Balaban J connectivity index is 2.38. The molecule has 21 heavy (non-hydrogen) atoms. The maximum absolute atomic E-state index is 11.7. The van der Waals surface area contributed by atoms with Crippen molar-refractivity contribution in [1.29, 1.82) is 0 Å². The third-order valence-electron chi connectivity index (χ3n) is 3.25. The molecule has 0 spiro atoms. The third kappa shape index (κ3) is 6.25. The highest BCUT2D eigenvalue weighted by Crippen LogP contribution is 2.30. The first-order valence-corrected chi connectivity index (χ1v) is 7.81. The van der Waals surface area contributed by atoms with Crippen LogP contribution >= 0.6 is 11.6 Å². The zero-order chi connectivity index (χ0) is 15.7. The first-order chi connectivity index (χ1) is 10.1. The molecule has 0 aliphatic carbocycles. The Hall–Kier alpha value is -1.42. The lowest BCUT2D eigenvalue weighted by molar-refractivity contribution is -0.120. The molecule has 1 aromatic rings. The highest BCUT2D eigenvalue weighted by atomic mass is 35.5. The minimum atomic E-state index is 0.0725. The van der Waals surface area contributed by atoms with Crippen LogP contribution in [-0.4, -0.2) is 26.1 Å². The van der Waals surface area contributed by atoms with E-state index >= 15 is 0 Å². The molecule has 1 amide bonds. The summed E-state index contributed by atoms with van der Waals surface area (Å²) in [6.45, 7) is 5.41. The van der Waals surface area contributed by atoms with Crippen LogP contribution in [0.1, 0.15) is 38.2 Å². The number of aryl methyl sites for hydroxylation is 1. The van der Waals surface area contributed by atoms with E-state index in [9.17, 15) is 4.79 Å². The van der Waals surface area contributed by atoms with Gasteiger partial charge in [-0.05, 0) is 25.0 Å². The molecule has 0 unspecified atom stereocenters. The van der Waals surface area contributed by atoms with Crippen LogP contribution in [0.3, 0.4) is 0 Å². The molecule has 118 valence electrons. The second-order valence-corrected chi connectivity index (χ2v) is 5.44. The van der Waals surface area contributed by atoms with Crippen LogP contribution in [0.2, 0.25) is 5.02 Å². The Labute approximate surface area is 132 Å². The molecule has 4 nitrogen and oxygen atoms in total. The van der Waals surface area contributed by atoms with E-state index in [1.165, 1.54) is 0 Å². The summed E-state index contributed by atoms with van der Waals surface area (Å²) in [7, 11) is 1.60. The monoisotopic (exact) mass is 312 g/mol. The Kier molecular flexibility index (Phi) is 7.98. The summed E-state index contributed by atoms with van der Waals surface area (Å²) in [5.41, 5.74) is 1.84. The van der Waals surface area contributed by atoms with Crippen LogP contribution in [0.25, 0.3) is 0 Å². The maximum atomic E-state index is 11.7. The van der Waals surface area contributed by atoms with Crippen molar-refractivity contribution >= 4 is 23.2 Å². The van der Waals surface area contributed by atoms with Crippen LogP contribution in [0, 0.1) is 6.92 Å². The van der Waals surface area contributed by atoms with Crippen molar-refractivity contribution < 1.29 is 9.53 Å². The van der Waals surface area contributed by atoms with Crippen molar-refractivity contribution in [2.24, 2.45) is 0 Å². The van der Waals surface area contributed by atoms with E-state index in [0.29, 0.717) is 23.7 Å². The predicted molar refractivity (Wildman–Crippen MR) is 88.4 cm³/mol. The van der Waals surface area contributed by atoms with Gasteiger partial charge in [0.1, 0.15) is 5.75 Å². The normalized spacial score (nSPS) is 10.3. The fourth-order valence-electron chi connectivity index (χ4n) is 1.97. The number of ether oxygens (including phenoxy) is 1. The Morgan fingerprint density at radius 1 is 1.29 bits per heavy atom. The molecule has 0 aromatic heterocycles. The van der Waals surface area contributed by atoms with Gasteiger partial charge in [0.05, 0.1) is 12.8 Å². The molecule has 0 saturated carbocycles. The van der Waals surface area contributed by atoms with Gasteiger partial charge >= 0.3 is 0 Å². The molecule has 1 aromatic carbocycles. The largest absolute Gasteiger partial charge is 0.495 e. The van der Waals surface area contributed by atoms with Crippen molar-refractivity contribution in [3.05, 3.63) is 22.7 Å². The van der Waals surface area contributed by atoms with Gasteiger partial charge in [-0.2, -0.15) is 0 Å². The number of benzene rings is 1. The van der Waals surface area contributed by atoms with Crippen LogP contribution in [-0.2, 0) is 4.79 Å². The zero-order valence-electron chi connectivity index (χ0n) is 13.1. The lowest BCUT2D eigenvalue weighted by atomic mass is 10.2. The molecule has 5 heteroatoms. The average molecular weight is 313 g/mol. The first-order valence-electron chi connectivity index (χ1n) is 7.43. The predicted octanol–water partition coefficient (Wildman–Crippen LogP) is 3.77. The fourth-order valence-corrected chi connectivity index (χ4v) is 2.13.